The maximum absolute atomic E-state index is 13.0. The van der Waals surface area contributed by atoms with Gasteiger partial charge >= 0.3 is 12.3 Å². The van der Waals surface area contributed by atoms with Gasteiger partial charge < -0.3 is 19.9 Å². The van der Waals surface area contributed by atoms with E-state index in [2.05, 4.69) is 40.3 Å². The van der Waals surface area contributed by atoms with Gasteiger partial charge in [-0.2, -0.15) is 13.2 Å². The topological polar surface area (TPSA) is 57.7 Å². The lowest BCUT2D eigenvalue weighted by Gasteiger charge is -2.37. The van der Waals surface area contributed by atoms with E-state index in [9.17, 15) is 18.0 Å². The number of amides is 1. The van der Waals surface area contributed by atoms with E-state index in [1.165, 1.54) is 17.3 Å². The third kappa shape index (κ3) is 8.93. The smallest absolute Gasteiger partial charge is 0.416 e. The third-order valence-electron chi connectivity index (χ3n) is 7.16. The normalized spacial score (nSPS) is 14.4. The highest BCUT2D eigenvalue weighted by atomic mass is 32.2. The highest BCUT2D eigenvalue weighted by molar-refractivity contribution is 7.99. The van der Waals surface area contributed by atoms with E-state index in [0.717, 1.165) is 79.2 Å². The minimum absolute atomic E-state index is 0.245. The Morgan fingerprint density at radius 2 is 1.71 bits per heavy atom. The zero-order chi connectivity index (χ0) is 30.3. The molecule has 1 N–H and O–H groups in total. The molecule has 228 valence electrons. The van der Waals surface area contributed by atoms with E-state index in [-0.39, 0.29) is 6.09 Å². The van der Waals surface area contributed by atoms with Crippen molar-refractivity contribution in [3.05, 3.63) is 59.8 Å². The summed E-state index contributed by atoms with van der Waals surface area (Å²) in [7, 11) is 0. The summed E-state index contributed by atoms with van der Waals surface area (Å²) >= 11 is 1.68. The first-order valence-electron chi connectivity index (χ1n) is 14.6. The van der Waals surface area contributed by atoms with Crippen LogP contribution < -0.4 is 10.2 Å². The lowest BCUT2D eigenvalue weighted by molar-refractivity contribution is -0.137. The molecule has 0 unspecified atom stereocenters. The summed E-state index contributed by atoms with van der Waals surface area (Å²) in [6.45, 7) is 11.5. The molecule has 0 spiro atoms. The molecule has 1 aromatic heterocycles. The number of carbonyl (C=O) groups excluding carboxylic acids is 1. The van der Waals surface area contributed by atoms with Crippen LogP contribution in [0.1, 0.15) is 57.6 Å². The number of ether oxygens (including phenoxy) is 1. The minimum atomic E-state index is -4.36. The van der Waals surface area contributed by atoms with Crippen molar-refractivity contribution < 1.29 is 22.7 Å². The first-order valence-corrected chi connectivity index (χ1v) is 15.6. The Hall–Kier alpha value is -3.14. The molecule has 0 bridgehead atoms. The van der Waals surface area contributed by atoms with Crippen LogP contribution in [-0.4, -0.2) is 60.1 Å². The van der Waals surface area contributed by atoms with Crippen molar-refractivity contribution >= 4 is 40.1 Å². The van der Waals surface area contributed by atoms with Crippen molar-refractivity contribution in [2.75, 3.05) is 48.7 Å². The summed E-state index contributed by atoms with van der Waals surface area (Å²) in [4.78, 5) is 21.6. The van der Waals surface area contributed by atoms with Crippen molar-refractivity contribution in [1.29, 1.82) is 0 Å². The van der Waals surface area contributed by atoms with Crippen LogP contribution in [0.3, 0.4) is 0 Å². The molecule has 4 rings (SSSR count). The molecule has 0 atom stereocenters. The third-order valence-corrected chi connectivity index (χ3v) is 8.32. The van der Waals surface area contributed by atoms with Crippen LogP contribution in [-0.2, 0) is 10.9 Å². The number of unbranched alkanes of at least 4 members (excludes halogenated alkanes) is 3. The lowest BCUT2D eigenvalue weighted by Crippen LogP contribution is -2.50. The van der Waals surface area contributed by atoms with Gasteiger partial charge in [-0.15, -0.1) is 11.8 Å². The molecular formula is C32H41F3N4O2S. The molecule has 0 radical (unpaired) electrons. The second kappa shape index (κ2) is 13.9. The van der Waals surface area contributed by atoms with Gasteiger partial charge in [0.15, 0.2) is 0 Å². The molecule has 10 heteroatoms. The molecule has 6 nitrogen and oxygen atoms in total. The molecule has 2 aromatic carbocycles. The standard InChI is InChI=1S/C32H41F3N4O2S/c1-23-21-25(10-12-28(23)38-16-18-39(19-17-38)30(40)41-31(2,3)4)36-14-7-5-6-8-20-42-29-13-15-37-27-22-24(32(33,34)35)9-11-26(27)29/h9-13,15,21-22,36H,5-8,14,16-20H2,1-4H3. The summed E-state index contributed by atoms with van der Waals surface area (Å²) in [6.07, 6.45) is 1.29. The first kappa shape index (κ1) is 31.8. The number of carbonyl (C=O) groups is 1. The number of aryl methyl sites for hydroxylation is 1. The zero-order valence-corrected chi connectivity index (χ0v) is 25.7. The summed E-state index contributed by atoms with van der Waals surface area (Å²) < 4.78 is 44.5. The van der Waals surface area contributed by atoms with E-state index in [1.807, 2.05) is 26.8 Å². The van der Waals surface area contributed by atoms with Gasteiger partial charge in [0.1, 0.15) is 5.60 Å². The summed E-state index contributed by atoms with van der Waals surface area (Å²) in [6, 6.07) is 12.1. The van der Waals surface area contributed by atoms with E-state index in [0.29, 0.717) is 18.6 Å². The molecule has 1 saturated heterocycles. The number of pyridine rings is 1. The zero-order valence-electron chi connectivity index (χ0n) is 24.9. The Morgan fingerprint density at radius 3 is 2.40 bits per heavy atom. The van der Waals surface area contributed by atoms with E-state index < -0.39 is 17.3 Å². The molecule has 2 heterocycles. The number of rotatable bonds is 10. The van der Waals surface area contributed by atoms with Crippen LogP contribution in [0.15, 0.2) is 53.6 Å². The highest BCUT2D eigenvalue weighted by Gasteiger charge is 2.30. The van der Waals surface area contributed by atoms with Gasteiger partial charge in [-0.25, -0.2) is 4.79 Å². The number of anilines is 2. The Bertz CT molecular complexity index is 1350. The van der Waals surface area contributed by atoms with Crippen molar-refractivity contribution in [3.63, 3.8) is 0 Å². The average Bonchev–Trinajstić information content (AvgIpc) is 2.93. The fourth-order valence-corrected chi connectivity index (χ4v) is 6.05. The maximum Gasteiger partial charge on any atom is 0.416 e. The van der Waals surface area contributed by atoms with Gasteiger partial charge in [0.2, 0.25) is 0 Å². The number of benzene rings is 2. The van der Waals surface area contributed by atoms with Gasteiger partial charge in [0, 0.05) is 60.6 Å². The first-order chi connectivity index (χ1) is 19.9. The van der Waals surface area contributed by atoms with Crippen molar-refractivity contribution in [2.45, 2.75) is 70.1 Å². The number of aromatic nitrogens is 1. The number of fused-ring (bicyclic) bond motifs is 1. The number of halogens is 3. The largest absolute Gasteiger partial charge is 0.444 e. The van der Waals surface area contributed by atoms with Crippen molar-refractivity contribution in [2.24, 2.45) is 0 Å². The van der Waals surface area contributed by atoms with E-state index in [4.69, 9.17) is 4.74 Å². The van der Waals surface area contributed by atoms with Gasteiger partial charge in [-0.1, -0.05) is 18.9 Å². The number of piperazine rings is 1. The molecule has 42 heavy (non-hydrogen) atoms. The fraction of sp³-hybridized carbons (Fsp3) is 0.500. The van der Waals surface area contributed by atoms with Crippen LogP contribution in [0.25, 0.3) is 10.9 Å². The van der Waals surface area contributed by atoms with Gasteiger partial charge in [-0.05, 0) is 88.3 Å². The molecule has 0 aliphatic carbocycles. The molecule has 1 fully saturated rings. The molecule has 3 aromatic rings. The van der Waals surface area contributed by atoms with Crippen molar-refractivity contribution in [1.82, 2.24) is 9.88 Å². The monoisotopic (exact) mass is 602 g/mol. The molecule has 1 aliphatic heterocycles. The van der Waals surface area contributed by atoms with E-state index >= 15 is 0 Å². The number of nitrogens with zero attached hydrogens (tertiary/aromatic N) is 3. The van der Waals surface area contributed by atoms with Crippen LogP contribution in [0.4, 0.5) is 29.3 Å². The Morgan fingerprint density at radius 1 is 0.976 bits per heavy atom. The maximum atomic E-state index is 13.0. The number of nitrogens with one attached hydrogen (secondary N) is 1. The Kier molecular flexibility index (Phi) is 10.5. The van der Waals surface area contributed by atoms with Crippen LogP contribution in [0, 0.1) is 6.92 Å². The molecule has 1 amide bonds. The summed E-state index contributed by atoms with van der Waals surface area (Å²) in [5, 5.41) is 4.30. The fourth-order valence-electron chi connectivity index (χ4n) is 5.00. The number of thioether (sulfide) groups is 1. The number of alkyl halides is 3. The predicted molar refractivity (Wildman–Crippen MR) is 166 cm³/mol. The average molecular weight is 603 g/mol. The SMILES string of the molecule is Cc1cc(NCCCCCCSc2ccnc3cc(C(F)(F)F)ccc23)ccc1N1CCN(C(=O)OC(C)(C)C)CC1. The second-order valence-electron chi connectivity index (χ2n) is 11.7. The quantitative estimate of drug-likeness (QED) is 0.186. The number of hydrogen-bond donors (Lipinski definition) is 1. The van der Waals surface area contributed by atoms with Crippen LogP contribution in [0.5, 0.6) is 0 Å². The second-order valence-corrected chi connectivity index (χ2v) is 12.8. The van der Waals surface area contributed by atoms with Gasteiger partial charge in [0.05, 0.1) is 11.1 Å². The molecular weight excluding hydrogens is 561 g/mol. The minimum Gasteiger partial charge on any atom is -0.444 e. The Balaban J connectivity index is 1.13. The Labute approximate surface area is 251 Å². The van der Waals surface area contributed by atoms with E-state index in [1.54, 1.807) is 22.9 Å². The summed E-state index contributed by atoms with van der Waals surface area (Å²) in [5.41, 5.74) is 2.74. The van der Waals surface area contributed by atoms with Crippen LogP contribution >= 0.6 is 11.8 Å². The number of hydrogen-bond acceptors (Lipinski definition) is 6. The van der Waals surface area contributed by atoms with Crippen LogP contribution in [0.2, 0.25) is 0 Å². The molecule has 0 saturated carbocycles. The highest BCUT2D eigenvalue weighted by Crippen LogP contribution is 2.34. The van der Waals surface area contributed by atoms with Crippen molar-refractivity contribution in [3.8, 4) is 0 Å². The lowest BCUT2D eigenvalue weighted by atomic mass is 10.1. The predicted octanol–water partition coefficient (Wildman–Crippen LogP) is 8.38. The molecule has 1 aliphatic rings. The summed E-state index contributed by atoms with van der Waals surface area (Å²) in [5.74, 6) is 0.917. The van der Waals surface area contributed by atoms with Gasteiger partial charge in [-0.3, -0.25) is 4.98 Å². The van der Waals surface area contributed by atoms with Gasteiger partial charge in [0.25, 0.3) is 0 Å².